The summed E-state index contributed by atoms with van der Waals surface area (Å²) in [4.78, 5) is 15.1. The lowest BCUT2D eigenvalue weighted by Crippen LogP contribution is -2.43. The van der Waals surface area contributed by atoms with Gasteiger partial charge in [-0.3, -0.25) is 4.79 Å². The SMILES string of the molecule is CC(N)C1CCN(C(=O)c2sccc2S(=O)(=O)N2CCOCC2)CC1.Cl. The second-order valence-electron chi connectivity index (χ2n) is 6.62. The summed E-state index contributed by atoms with van der Waals surface area (Å²) < 4.78 is 32.4. The number of rotatable bonds is 4. The molecule has 10 heteroatoms. The molecule has 3 rings (SSSR count). The van der Waals surface area contributed by atoms with Crippen molar-refractivity contribution in [3.05, 3.63) is 16.3 Å². The van der Waals surface area contributed by atoms with E-state index < -0.39 is 10.0 Å². The lowest BCUT2D eigenvalue weighted by atomic mass is 9.91. The minimum Gasteiger partial charge on any atom is -0.379 e. The van der Waals surface area contributed by atoms with E-state index in [4.69, 9.17) is 10.5 Å². The Bertz CT molecular complexity index is 709. The van der Waals surface area contributed by atoms with Gasteiger partial charge in [-0.05, 0) is 37.1 Å². The summed E-state index contributed by atoms with van der Waals surface area (Å²) in [7, 11) is -3.66. The number of morpholine rings is 1. The quantitative estimate of drug-likeness (QED) is 0.789. The molecule has 2 fully saturated rings. The molecule has 2 saturated heterocycles. The Hall–Kier alpha value is -0.710. The second-order valence-corrected chi connectivity index (χ2v) is 9.44. The summed E-state index contributed by atoms with van der Waals surface area (Å²) in [5.74, 6) is 0.230. The standard InChI is InChI=1S/C16H25N3O4S2.ClH/c1-12(17)13-2-5-18(6-3-13)16(20)15-14(4-11-24-15)25(21,22)19-7-9-23-10-8-19;/h4,11-13H,2-3,5-10,17H2,1H3;1H. The average Bonchev–Trinajstić information content (AvgIpc) is 3.12. The van der Waals surface area contributed by atoms with Gasteiger partial charge in [-0.1, -0.05) is 0 Å². The van der Waals surface area contributed by atoms with Gasteiger partial charge in [0, 0.05) is 32.2 Å². The Balaban J connectivity index is 0.00000243. The van der Waals surface area contributed by atoms with Crippen LogP contribution >= 0.6 is 23.7 Å². The van der Waals surface area contributed by atoms with E-state index in [1.54, 1.807) is 10.3 Å². The van der Waals surface area contributed by atoms with Crippen molar-refractivity contribution in [2.75, 3.05) is 39.4 Å². The fourth-order valence-corrected chi connectivity index (χ4v) is 6.12. The molecule has 1 amide bonds. The topological polar surface area (TPSA) is 92.9 Å². The Morgan fingerprint density at radius 3 is 2.46 bits per heavy atom. The first-order valence-electron chi connectivity index (χ1n) is 8.61. The van der Waals surface area contributed by atoms with Crippen LogP contribution in [0.2, 0.25) is 0 Å². The van der Waals surface area contributed by atoms with Crippen molar-refractivity contribution >= 4 is 39.7 Å². The van der Waals surface area contributed by atoms with Gasteiger partial charge in [-0.15, -0.1) is 23.7 Å². The first kappa shape index (κ1) is 21.6. The van der Waals surface area contributed by atoms with Crippen molar-refractivity contribution < 1.29 is 17.9 Å². The maximum absolute atomic E-state index is 12.9. The summed E-state index contributed by atoms with van der Waals surface area (Å²) in [6.45, 7) is 4.67. The predicted octanol–water partition coefficient (Wildman–Crippen LogP) is 1.39. The Morgan fingerprint density at radius 2 is 1.88 bits per heavy atom. The number of nitrogens with zero attached hydrogens (tertiary/aromatic N) is 2. The van der Waals surface area contributed by atoms with Crippen LogP contribution in [0.25, 0.3) is 0 Å². The van der Waals surface area contributed by atoms with Gasteiger partial charge in [0.05, 0.1) is 13.2 Å². The van der Waals surface area contributed by atoms with Crippen molar-refractivity contribution in [2.24, 2.45) is 11.7 Å². The molecule has 26 heavy (non-hydrogen) atoms. The van der Waals surface area contributed by atoms with E-state index in [0.29, 0.717) is 50.2 Å². The normalized spacial score (nSPS) is 21.2. The van der Waals surface area contributed by atoms with Gasteiger partial charge in [-0.2, -0.15) is 4.31 Å². The van der Waals surface area contributed by atoms with Gasteiger partial charge < -0.3 is 15.4 Å². The van der Waals surface area contributed by atoms with E-state index in [-0.39, 0.29) is 29.3 Å². The highest BCUT2D eigenvalue weighted by atomic mass is 35.5. The third kappa shape index (κ3) is 4.40. The Kier molecular flexibility index (Phi) is 7.46. The fourth-order valence-electron chi connectivity index (χ4n) is 3.35. The molecule has 7 nitrogen and oxygen atoms in total. The maximum atomic E-state index is 12.9. The summed E-state index contributed by atoms with van der Waals surface area (Å²) in [6, 6.07) is 1.66. The number of hydrogen-bond acceptors (Lipinski definition) is 6. The predicted molar refractivity (Wildman–Crippen MR) is 103 cm³/mol. The summed E-state index contributed by atoms with van der Waals surface area (Å²) in [6.07, 6.45) is 1.72. The molecule has 1 aromatic heterocycles. The average molecular weight is 424 g/mol. The highest BCUT2D eigenvalue weighted by Gasteiger charge is 2.34. The number of hydrogen-bond donors (Lipinski definition) is 1. The molecular formula is C16H26ClN3O4S2. The minimum absolute atomic E-state index is 0. The first-order chi connectivity index (χ1) is 11.9. The van der Waals surface area contributed by atoms with Crippen LogP contribution in [0.3, 0.4) is 0 Å². The van der Waals surface area contributed by atoms with Crippen molar-refractivity contribution in [3.8, 4) is 0 Å². The molecule has 0 radical (unpaired) electrons. The number of carbonyl (C=O) groups is 1. The molecule has 148 valence electrons. The van der Waals surface area contributed by atoms with Crippen LogP contribution in [0, 0.1) is 5.92 Å². The lowest BCUT2D eigenvalue weighted by Gasteiger charge is -2.33. The molecule has 0 spiro atoms. The van der Waals surface area contributed by atoms with E-state index in [1.807, 2.05) is 6.92 Å². The van der Waals surface area contributed by atoms with Crippen molar-refractivity contribution in [2.45, 2.75) is 30.7 Å². The molecule has 0 aromatic carbocycles. The van der Waals surface area contributed by atoms with E-state index in [1.165, 1.54) is 21.7 Å². The van der Waals surface area contributed by atoms with Gasteiger partial charge >= 0.3 is 0 Å². The molecule has 0 aliphatic carbocycles. The molecule has 1 aromatic rings. The number of halogens is 1. The molecule has 0 bridgehead atoms. The summed E-state index contributed by atoms with van der Waals surface area (Å²) in [5, 5.41) is 1.68. The van der Waals surface area contributed by atoms with Gasteiger partial charge in [0.2, 0.25) is 10.0 Å². The van der Waals surface area contributed by atoms with Crippen LogP contribution in [-0.4, -0.2) is 69.0 Å². The minimum atomic E-state index is -3.66. The number of amides is 1. The molecule has 1 atom stereocenters. The Morgan fingerprint density at radius 1 is 1.27 bits per heavy atom. The number of likely N-dealkylation sites (tertiary alicyclic amines) is 1. The smallest absolute Gasteiger partial charge is 0.265 e. The van der Waals surface area contributed by atoms with Gasteiger partial charge in [0.25, 0.3) is 5.91 Å². The second kappa shape index (κ2) is 8.99. The van der Waals surface area contributed by atoms with Crippen molar-refractivity contribution in [3.63, 3.8) is 0 Å². The highest BCUT2D eigenvalue weighted by molar-refractivity contribution is 7.89. The van der Waals surface area contributed by atoms with Crippen LogP contribution in [-0.2, 0) is 14.8 Å². The zero-order valence-corrected chi connectivity index (χ0v) is 17.2. The Labute approximate surface area is 164 Å². The zero-order valence-electron chi connectivity index (χ0n) is 14.8. The molecule has 0 saturated carbocycles. The summed E-state index contributed by atoms with van der Waals surface area (Å²) >= 11 is 1.20. The number of thiophene rings is 1. The van der Waals surface area contributed by atoms with Crippen LogP contribution in [0.15, 0.2) is 16.3 Å². The van der Waals surface area contributed by atoms with E-state index >= 15 is 0 Å². The van der Waals surface area contributed by atoms with Crippen molar-refractivity contribution in [1.29, 1.82) is 0 Å². The molecule has 2 N–H and O–H groups in total. The lowest BCUT2D eigenvalue weighted by molar-refractivity contribution is 0.0679. The van der Waals surface area contributed by atoms with Gasteiger partial charge in [-0.25, -0.2) is 8.42 Å². The monoisotopic (exact) mass is 423 g/mol. The number of sulfonamides is 1. The zero-order chi connectivity index (χ0) is 18.0. The fraction of sp³-hybridized carbons (Fsp3) is 0.688. The van der Waals surface area contributed by atoms with E-state index in [9.17, 15) is 13.2 Å². The number of carbonyl (C=O) groups excluding carboxylic acids is 1. The van der Waals surface area contributed by atoms with Crippen LogP contribution in [0.5, 0.6) is 0 Å². The van der Waals surface area contributed by atoms with E-state index in [2.05, 4.69) is 0 Å². The number of piperidine rings is 1. The van der Waals surface area contributed by atoms with Crippen LogP contribution in [0.4, 0.5) is 0 Å². The first-order valence-corrected chi connectivity index (χ1v) is 10.9. The third-order valence-electron chi connectivity index (χ3n) is 4.98. The van der Waals surface area contributed by atoms with Crippen molar-refractivity contribution in [1.82, 2.24) is 9.21 Å². The number of nitrogens with two attached hydrogens (primary N) is 1. The largest absolute Gasteiger partial charge is 0.379 e. The van der Waals surface area contributed by atoms with E-state index in [0.717, 1.165) is 12.8 Å². The molecule has 3 heterocycles. The number of ether oxygens (including phenoxy) is 1. The molecule has 2 aliphatic heterocycles. The molecular weight excluding hydrogens is 398 g/mol. The van der Waals surface area contributed by atoms with Gasteiger partial charge in [0.1, 0.15) is 9.77 Å². The third-order valence-corrected chi connectivity index (χ3v) is 7.95. The van der Waals surface area contributed by atoms with Crippen LogP contribution < -0.4 is 5.73 Å². The van der Waals surface area contributed by atoms with Crippen LogP contribution in [0.1, 0.15) is 29.4 Å². The molecule has 2 aliphatic rings. The maximum Gasteiger partial charge on any atom is 0.265 e. The summed E-state index contributed by atoms with van der Waals surface area (Å²) in [5.41, 5.74) is 5.95. The highest BCUT2D eigenvalue weighted by Crippen LogP contribution is 2.29. The van der Waals surface area contributed by atoms with Gasteiger partial charge in [0.15, 0.2) is 0 Å². The molecule has 1 unspecified atom stereocenters.